The third kappa shape index (κ3) is 3.12. The molecule has 0 aliphatic carbocycles. The standard InChI is InChI=1S/C16H11N3O5/c20-15(18-9-11-3-1-2-6-17-11)14-8-10-7-12(19(22)23)4-5-13(10)16(21)24-14/h1-8H,9H2,(H,18,20). The Balaban J connectivity index is 1.89. The lowest BCUT2D eigenvalue weighted by atomic mass is 10.1. The van der Waals surface area contributed by atoms with Gasteiger partial charge in [-0.1, -0.05) is 6.07 Å². The Morgan fingerprint density at radius 1 is 1.25 bits per heavy atom. The Bertz CT molecular complexity index is 982. The summed E-state index contributed by atoms with van der Waals surface area (Å²) in [5, 5.41) is 13.8. The van der Waals surface area contributed by atoms with Crippen molar-refractivity contribution in [1.29, 1.82) is 0 Å². The highest BCUT2D eigenvalue weighted by Gasteiger charge is 2.14. The summed E-state index contributed by atoms with van der Waals surface area (Å²) in [6.07, 6.45) is 1.59. The van der Waals surface area contributed by atoms with Crippen LogP contribution in [0.2, 0.25) is 0 Å². The van der Waals surface area contributed by atoms with Gasteiger partial charge in [0, 0.05) is 18.3 Å². The number of non-ortho nitro benzene ring substituents is 1. The van der Waals surface area contributed by atoms with Crippen molar-refractivity contribution in [2.24, 2.45) is 0 Å². The molecule has 0 aliphatic heterocycles. The Hall–Kier alpha value is -3.55. The Morgan fingerprint density at radius 2 is 2.08 bits per heavy atom. The maximum Gasteiger partial charge on any atom is 0.344 e. The largest absolute Gasteiger partial charge is 0.417 e. The minimum atomic E-state index is -0.731. The van der Waals surface area contributed by atoms with Gasteiger partial charge >= 0.3 is 5.63 Å². The molecule has 8 nitrogen and oxygen atoms in total. The first kappa shape index (κ1) is 15.3. The summed E-state index contributed by atoms with van der Waals surface area (Å²) in [6, 6.07) is 10.3. The van der Waals surface area contributed by atoms with Gasteiger partial charge in [-0.2, -0.15) is 0 Å². The SMILES string of the molecule is O=C(NCc1ccccn1)c1cc2cc([N+](=O)[O-])ccc2c(=O)o1. The van der Waals surface area contributed by atoms with E-state index in [1.807, 2.05) is 0 Å². The van der Waals surface area contributed by atoms with Crippen LogP contribution in [0.1, 0.15) is 16.2 Å². The highest BCUT2D eigenvalue weighted by atomic mass is 16.6. The van der Waals surface area contributed by atoms with Crippen molar-refractivity contribution in [1.82, 2.24) is 10.3 Å². The number of nitrogens with one attached hydrogen (secondary N) is 1. The molecular weight excluding hydrogens is 314 g/mol. The summed E-state index contributed by atoms with van der Waals surface area (Å²) >= 11 is 0. The van der Waals surface area contributed by atoms with Crippen molar-refractivity contribution in [3.05, 3.63) is 80.7 Å². The Morgan fingerprint density at radius 3 is 2.79 bits per heavy atom. The number of pyridine rings is 1. The van der Waals surface area contributed by atoms with E-state index >= 15 is 0 Å². The number of nitro benzene ring substituents is 1. The number of hydrogen-bond acceptors (Lipinski definition) is 6. The van der Waals surface area contributed by atoms with Gasteiger partial charge < -0.3 is 9.73 Å². The zero-order valence-corrected chi connectivity index (χ0v) is 12.3. The summed E-state index contributed by atoms with van der Waals surface area (Å²) < 4.78 is 4.98. The molecule has 3 rings (SSSR count). The minimum Gasteiger partial charge on any atom is -0.417 e. The van der Waals surface area contributed by atoms with E-state index in [0.29, 0.717) is 5.69 Å². The third-order valence-corrected chi connectivity index (χ3v) is 3.34. The molecule has 0 fully saturated rings. The van der Waals surface area contributed by atoms with Crippen LogP contribution in [0.4, 0.5) is 5.69 Å². The molecule has 0 saturated heterocycles. The van der Waals surface area contributed by atoms with Crippen molar-refractivity contribution in [3.8, 4) is 0 Å². The molecule has 8 heteroatoms. The van der Waals surface area contributed by atoms with Crippen molar-refractivity contribution in [2.45, 2.75) is 6.54 Å². The molecular formula is C16H11N3O5. The quantitative estimate of drug-likeness (QED) is 0.579. The van der Waals surface area contributed by atoms with E-state index in [4.69, 9.17) is 4.42 Å². The van der Waals surface area contributed by atoms with Crippen LogP contribution in [0.5, 0.6) is 0 Å². The molecule has 0 saturated carbocycles. The number of nitro groups is 1. The molecule has 2 aromatic heterocycles. The van der Waals surface area contributed by atoms with Gasteiger partial charge in [0.25, 0.3) is 11.6 Å². The highest BCUT2D eigenvalue weighted by molar-refractivity contribution is 5.95. The van der Waals surface area contributed by atoms with Crippen LogP contribution in [0, 0.1) is 10.1 Å². The Kier molecular flexibility index (Phi) is 4.02. The predicted octanol–water partition coefficient (Wildman–Crippen LogP) is 2.03. The third-order valence-electron chi connectivity index (χ3n) is 3.34. The van der Waals surface area contributed by atoms with Crippen LogP contribution < -0.4 is 10.9 Å². The zero-order valence-electron chi connectivity index (χ0n) is 12.3. The number of fused-ring (bicyclic) bond motifs is 1. The van der Waals surface area contributed by atoms with Crippen molar-refractivity contribution in [3.63, 3.8) is 0 Å². The van der Waals surface area contributed by atoms with Gasteiger partial charge in [0.15, 0.2) is 5.76 Å². The number of carbonyl (C=O) groups excluding carboxylic acids is 1. The molecule has 0 radical (unpaired) electrons. The van der Waals surface area contributed by atoms with Gasteiger partial charge in [0.2, 0.25) is 0 Å². The molecule has 1 amide bonds. The lowest BCUT2D eigenvalue weighted by molar-refractivity contribution is -0.384. The van der Waals surface area contributed by atoms with Crippen LogP contribution in [-0.2, 0) is 6.54 Å². The number of carbonyl (C=O) groups is 1. The molecule has 3 aromatic rings. The first-order valence-corrected chi connectivity index (χ1v) is 6.95. The number of benzene rings is 1. The van der Waals surface area contributed by atoms with Crippen LogP contribution in [-0.4, -0.2) is 15.8 Å². The average Bonchev–Trinajstić information content (AvgIpc) is 2.60. The number of rotatable bonds is 4. The van der Waals surface area contributed by atoms with Gasteiger partial charge in [-0.25, -0.2) is 4.79 Å². The van der Waals surface area contributed by atoms with E-state index in [0.717, 1.165) is 0 Å². The van der Waals surface area contributed by atoms with E-state index in [9.17, 15) is 19.7 Å². The lowest BCUT2D eigenvalue weighted by Crippen LogP contribution is -2.24. The molecule has 24 heavy (non-hydrogen) atoms. The van der Waals surface area contributed by atoms with Crippen LogP contribution in [0.3, 0.4) is 0 Å². The molecule has 0 spiro atoms. The summed E-state index contributed by atoms with van der Waals surface area (Å²) in [4.78, 5) is 38.4. The summed E-state index contributed by atoms with van der Waals surface area (Å²) in [5.74, 6) is -0.824. The Labute approximate surface area is 134 Å². The summed E-state index contributed by atoms with van der Waals surface area (Å²) in [7, 11) is 0. The maximum atomic E-state index is 12.1. The van der Waals surface area contributed by atoms with E-state index in [1.54, 1.807) is 24.4 Å². The van der Waals surface area contributed by atoms with E-state index in [2.05, 4.69) is 10.3 Å². The highest BCUT2D eigenvalue weighted by Crippen LogP contribution is 2.19. The second-order valence-corrected chi connectivity index (χ2v) is 4.93. The number of amides is 1. The molecule has 2 heterocycles. The van der Waals surface area contributed by atoms with Crippen LogP contribution >= 0.6 is 0 Å². The normalized spacial score (nSPS) is 10.5. The average molecular weight is 325 g/mol. The second-order valence-electron chi connectivity index (χ2n) is 4.93. The number of nitrogens with zero attached hydrogens (tertiary/aromatic N) is 2. The number of aromatic nitrogens is 1. The fourth-order valence-electron chi connectivity index (χ4n) is 2.17. The fourth-order valence-corrected chi connectivity index (χ4v) is 2.17. The van der Waals surface area contributed by atoms with Gasteiger partial charge in [-0.3, -0.25) is 19.9 Å². The van der Waals surface area contributed by atoms with Crippen LogP contribution in [0.15, 0.2) is 57.9 Å². The number of hydrogen-bond donors (Lipinski definition) is 1. The van der Waals surface area contributed by atoms with Crippen molar-refractivity contribution in [2.75, 3.05) is 0 Å². The van der Waals surface area contributed by atoms with Crippen molar-refractivity contribution >= 4 is 22.4 Å². The topological polar surface area (TPSA) is 115 Å². The molecule has 0 atom stereocenters. The lowest BCUT2D eigenvalue weighted by Gasteiger charge is -2.05. The smallest absolute Gasteiger partial charge is 0.344 e. The molecule has 1 N–H and O–H groups in total. The molecule has 120 valence electrons. The maximum absolute atomic E-state index is 12.1. The monoisotopic (exact) mass is 325 g/mol. The minimum absolute atomic E-state index is 0.163. The zero-order chi connectivity index (χ0) is 17.1. The predicted molar refractivity (Wildman–Crippen MR) is 84.5 cm³/mol. The summed E-state index contributed by atoms with van der Waals surface area (Å²) in [5.41, 5.74) is -0.261. The first-order valence-electron chi connectivity index (χ1n) is 6.95. The second kappa shape index (κ2) is 6.29. The van der Waals surface area contributed by atoms with E-state index < -0.39 is 16.5 Å². The van der Waals surface area contributed by atoms with E-state index in [-0.39, 0.29) is 28.8 Å². The van der Waals surface area contributed by atoms with E-state index in [1.165, 1.54) is 24.3 Å². The molecule has 0 bridgehead atoms. The van der Waals surface area contributed by atoms with Gasteiger partial charge in [0.05, 0.1) is 22.5 Å². The van der Waals surface area contributed by atoms with Gasteiger partial charge in [-0.05, 0) is 29.7 Å². The molecule has 0 aliphatic rings. The van der Waals surface area contributed by atoms with Gasteiger partial charge in [0.1, 0.15) is 0 Å². The van der Waals surface area contributed by atoms with Crippen LogP contribution in [0.25, 0.3) is 10.8 Å². The summed E-state index contributed by atoms with van der Waals surface area (Å²) in [6.45, 7) is 0.163. The molecule has 1 aromatic carbocycles. The first-order chi connectivity index (χ1) is 11.5. The van der Waals surface area contributed by atoms with Crippen molar-refractivity contribution < 1.29 is 14.1 Å². The fraction of sp³-hybridized carbons (Fsp3) is 0.0625. The molecule has 0 unspecified atom stereocenters. The van der Waals surface area contributed by atoms with Gasteiger partial charge in [-0.15, -0.1) is 0 Å².